The number of benzene rings is 2. The summed E-state index contributed by atoms with van der Waals surface area (Å²) in [7, 11) is 1.58. The van der Waals surface area contributed by atoms with Crippen LogP contribution in [0.4, 0.5) is 5.69 Å². The molecule has 28 heavy (non-hydrogen) atoms. The van der Waals surface area contributed by atoms with Crippen LogP contribution in [0.2, 0.25) is 0 Å². The standard InChI is InChI=1S/C21H22BrN3O3/c1-3-4-12-28-20-9-8-17(27-2)14-19(20)23-21(26)18-10-11-25(24-18)16-7-5-6-15(22)13-16/h5-11,13-14H,3-4,12H2,1-2H3,(H,23,26). The molecule has 0 fully saturated rings. The third-order valence-corrected chi connectivity index (χ3v) is 4.58. The maximum Gasteiger partial charge on any atom is 0.276 e. The van der Waals surface area contributed by atoms with Crippen LogP contribution in [-0.2, 0) is 0 Å². The number of unbranched alkanes of at least 4 members (excludes halogenated alkanes) is 1. The molecule has 1 N–H and O–H groups in total. The Labute approximate surface area is 172 Å². The number of rotatable bonds is 8. The molecule has 3 rings (SSSR count). The van der Waals surface area contributed by atoms with E-state index in [1.54, 1.807) is 42.3 Å². The van der Waals surface area contributed by atoms with Crippen LogP contribution in [0.25, 0.3) is 5.69 Å². The zero-order valence-electron chi connectivity index (χ0n) is 15.8. The number of hydrogen-bond donors (Lipinski definition) is 1. The number of aromatic nitrogens is 2. The van der Waals surface area contributed by atoms with Gasteiger partial charge in [0.15, 0.2) is 5.69 Å². The van der Waals surface area contributed by atoms with Gasteiger partial charge < -0.3 is 14.8 Å². The van der Waals surface area contributed by atoms with Crippen LogP contribution < -0.4 is 14.8 Å². The average Bonchev–Trinajstić information content (AvgIpc) is 3.19. The van der Waals surface area contributed by atoms with E-state index < -0.39 is 0 Å². The highest BCUT2D eigenvalue weighted by Crippen LogP contribution is 2.30. The minimum atomic E-state index is -0.317. The Morgan fingerprint density at radius 1 is 1.21 bits per heavy atom. The number of anilines is 1. The van der Waals surface area contributed by atoms with Crippen LogP contribution in [0, 0.1) is 0 Å². The molecule has 1 heterocycles. The van der Waals surface area contributed by atoms with Gasteiger partial charge in [-0.15, -0.1) is 0 Å². The fourth-order valence-electron chi connectivity index (χ4n) is 2.58. The van der Waals surface area contributed by atoms with E-state index in [-0.39, 0.29) is 5.91 Å². The number of methoxy groups -OCH3 is 1. The number of nitrogens with zero attached hydrogens (tertiary/aromatic N) is 2. The summed E-state index contributed by atoms with van der Waals surface area (Å²) < 4.78 is 13.7. The number of carbonyl (C=O) groups is 1. The summed E-state index contributed by atoms with van der Waals surface area (Å²) >= 11 is 3.44. The SMILES string of the molecule is CCCCOc1ccc(OC)cc1NC(=O)c1ccn(-c2cccc(Br)c2)n1. The van der Waals surface area contributed by atoms with Crippen LogP contribution in [0.3, 0.4) is 0 Å². The van der Waals surface area contributed by atoms with E-state index in [0.29, 0.717) is 29.5 Å². The van der Waals surface area contributed by atoms with Crippen molar-refractivity contribution in [2.24, 2.45) is 0 Å². The quantitative estimate of drug-likeness (QED) is 0.493. The molecule has 7 heteroatoms. The van der Waals surface area contributed by atoms with E-state index >= 15 is 0 Å². The first-order valence-electron chi connectivity index (χ1n) is 9.04. The summed E-state index contributed by atoms with van der Waals surface area (Å²) in [5.74, 6) is 0.925. The van der Waals surface area contributed by atoms with E-state index in [9.17, 15) is 4.79 Å². The molecule has 6 nitrogen and oxygen atoms in total. The molecule has 0 aliphatic carbocycles. The molecule has 0 aliphatic heterocycles. The zero-order chi connectivity index (χ0) is 19.9. The van der Waals surface area contributed by atoms with Gasteiger partial charge in [-0.3, -0.25) is 4.79 Å². The summed E-state index contributed by atoms with van der Waals surface area (Å²) in [6.07, 6.45) is 3.72. The van der Waals surface area contributed by atoms with Crippen molar-refractivity contribution in [3.05, 3.63) is 64.9 Å². The first-order chi connectivity index (χ1) is 13.6. The molecule has 0 bridgehead atoms. The number of hydrogen-bond acceptors (Lipinski definition) is 4. The number of ether oxygens (including phenoxy) is 2. The molecule has 1 amide bonds. The summed E-state index contributed by atoms with van der Waals surface area (Å²) in [5, 5.41) is 7.25. The largest absolute Gasteiger partial charge is 0.497 e. The second-order valence-electron chi connectivity index (χ2n) is 6.14. The normalized spacial score (nSPS) is 10.5. The predicted molar refractivity (Wildman–Crippen MR) is 113 cm³/mol. The van der Waals surface area contributed by atoms with Crippen molar-refractivity contribution in [2.45, 2.75) is 19.8 Å². The Balaban J connectivity index is 1.79. The van der Waals surface area contributed by atoms with E-state index in [2.05, 4.69) is 33.3 Å². The highest BCUT2D eigenvalue weighted by atomic mass is 79.9. The van der Waals surface area contributed by atoms with Gasteiger partial charge in [0.05, 0.1) is 25.1 Å². The third kappa shape index (κ3) is 4.92. The van der Waals surface area contributed by atoms with E-state index in [4.69, 9.17) is 9.47 Å². The van der Waals surface area contributed by atoms with Crippen molar-refractivity contribution >= 4 is 27.5 Å². The smallest absolute Gasteiger partial charge is 0.276 e. The van der Waals surface area contributed by atoms with Gasteiger partial charge in [0.1, 0.15) is 11.5 Å². The molecule has 0 spiro atoms. The molecule has 0 unspecified atom stereocenters. The molecule has 0 saturated carbocycles. The lowest BCUT2D eigenvalue weighted by atomic mass is 10.2. The molecule has 0 saturated heterocycles. The minimum absolute atomic E-state index is 0.308. The van der Waals surface area contributed by atoms with Gasteiger partial charge in [-0.2, -0.15) is 5.10 Å². The summed E-state index contributed by atoms with van der Waals surface area (Å²) in [5.41, 5.74) is 1.72. The molecular weight excluding hydrogens is 422 g/mol. The van der Waals surface area contributed by atoms with Gasteiger partial charge in [0.25, 0.3) is 5.91 Å². The third-order valence-electron chi connectivity index (χ3n) is 4.08. The lowest BCUT2D eigenvalue weighted by Crippen LogP contribution is -2.14. The number of nitrogens with one attached hydrogen (secondary N) is 1. The van der Waals surface area contributed by atoms with Gasteiger partial charge in [-0.05, 0) is 42.8 Å². The molecule has 1 aromatic heterocycles. The molecule has 0 aliphatic rings. The Kier molecular flexibility index (Phi) is 6.71. The molecule has 0 radical (unpaired) electrons. The first kappa shape index (κ1) is 19.9. The van der Waals surface area contributed by atoms with Crippen molar-refractivity contribution in [2.75, 3.05) is 19.0 Å². The van der Waals surface area contributed by atoms with E-state index in [0.717, 1.165) is 23.0 Å². The number of carbonyl (C=O) groups excluding carboxylic acids is 1. The van der Waals surface area contributed by atoms with Crippen molar-refractivity contribution in [1.82, 2.24) is 9.78 Å². The second kappa shape index (κ2) is 9.41. The van der Waals surface area contributed by atoms with Crippen molar-refractivity contribution in [3.8, 4) is 17.2 Å². The fraction of sp³-hybridized carbons (Fsp3) is 0.238. The Morgan fingerprint density at radius 2 is 2.07 bits per heavy atom. The van der Waals surface area contributed by atoms with Crippen molar-refractivity contribution in [1.29, 1.82) is 0 Å². The Morgan fingerprint density at radius 3 is 2.82 bits per heavy atom. The minimum Gasteiger partial charge on any atom is -0.497 e. The van der Waals surface area contributed by atoms with Crippen molar-refractivity contribution < 1.29 is 14.3 Å². The highest BCUT2D eigenvalue weighted by molar-refractivity contribution is 9.10. The number of halogens is 1. The van der Waals surface area contributed by atoms with Crippen LogP contribution >= 0.6 is 15.9 Å². The van der Waals surface area contributed by atoms with Crippen LogP contribution in [0.1, 0.15) is 30.3 Å². The van der Waals surface area contributed by atoms with Gasteiger partial charge in [0, 0.05) is 16.7 Å². The molecule has 2 aromatic carbocycles. The van der Waals surface area contributed by atoms with Gasteiger partial charge in [-0.1, -0.05) is 35.3 Å². The highest BCUT2D eigenvalue weighted by Gasteiger charge is 2.14. The van der Waals surface area contributed by atoms with E-state index in [1.807, 2.05) is 24.3 Å². The topological polar surface area (TPSA) is 65.4 Å². The molecule has 146 valence electrons. The summed E-state index contributed by atoms with van der Waals surface area (Å²) in [4.78, 5) is 12.7. The van der Waals surface area contributed by atoms with Crippen LogP contribution in [-0.4, -0.2) is 29.4 Å². The van der Waals surface area contributed by atoms with Crippen LogP contribution in [0.5, 0.6) is 11.5 Å². The summed E-state index contributed by atoms with van der Waals surface area (Å²) in [6, 6.07) is 14.7. The lowest BCUT2D eigenvalue weighted by Gasteiger charge is -2.13. The number of amides is 1. The van der Waals surface area contributed by atoms with Crippen LogP contribution in [0.15, 0.2) is 59.2 Å². The fourth-order valence-corrected chi connectivity index (χ4v) is 2.97. The monoisotopic (exact) mass is 443 g/mol. The lowest BCUT2D eigenvalue weighted by molar-refractivity contribution is 0.102. The second-order valence-corrected chi connectivity index (χ2v) is 7.06. The Bertz CT molecular complexity index is 956. The zero-order valence-corrected chi connectivity index (χ0v) is 17.4. The van der Waals surface area contributed by atoms with Gasteiger partial charge >= 0.3 is 0 Å². The Hall–Kier alpha value is -2.80. The average molecular weight is 444 g/mol. The summed E-state index contributed by atoms with van der Waals surface area (Å²) in [6.45, 7) is 2.69. The van der Waals surface area contributed by atoms with Gasteiger partial charge in [-0.25, -0.2) is 4.68 Å². The maximum atomic E-state index is 12.7. The first-order valence-corrected chi connectivity index (χ1v) is 9.84. The van der Waals surface area contributed by atoms with E-state index in [1.165, 1.54) is 0 Å². The molecular formula is C21H22BrN3O3. The van der Waals surface area contributed by atoms with Crippen molar-refractivity contribution in [3.63, 3.8) is 0 Å². The predicted octanol–water partition coefficient (Wildman–Crippen LogP) is 5.07. The maximum absolute atomic E-state index is 12.7. The van der Waals surface area contributed by atoms with Gasteiger partial charge in [0.2, 0.25) is 0 Å². The molecule has 3 aromatic rings. The molecule has 0 atom stereocenters.